The van der Waals surface area contributed by atoms with Gasteiger partial charge in [0.1, 0.15) is 0 Å². The molecule has 0 bridgehead atoms. The fourth-order valence-electron chi connectivity index (χ4n) is 1.18. The fourth-order valence-corrected chi connectivity index (χ4v) is 2.92. The summed E-state index contributed by atoms with van der Waals surface area (Å²) in [5.41, 5.74) is 9.75. The predicted octanol–water partition coefficient (Wildman–Crippen LogP) is 0.264. The summed E-state index contributed by atoms with van der Waals surface area (Å²) >= 11 is 0. The summed E-state index contributed by atoms with van der Waals surface area (Å²) in [5.74, 6) is -0.0241. The van der Waals surface area contributed by atoms with Crippen molar-refractivity contribution in [2.24, 2.45) is 16.5 Å². The number of guanidine groups is 1. The molecule has 1 atom stereocenters. The fraction of sp³-hybridized carbons (Fsp3) is 0.875. The van der Waals surface area contributed by atoms with Crippen LogP contribution in [0, 0.1) is 0 Å². The van der Waals surface area contributed by atoms with E-state index >= 15 is 0 Å². The molecule has 0 aromatic carbocycles. The third kappa shape index (κ3) is 5.73. The van der Waals surface area contributed by atoms with E-state index in [1.54, 1.807) is 27.5 Å². The van der Waals surface area contributed by atoms with Gasteiger partial charge in [0, 0.05) is 20.3 Å². The third-order valence-electron chi connectivity index (χ3n) is 1.61. The molecule has 0 radical (unpaired) electrons. The van der Waals surface area contributed by atoms with E-state index in [1.165, 1.54) is 0 Å². The molecule has 0 saturated carbocycles. The van der Waals surface area contributed by atoms with Crippen molar-refractivity contribution in [3.05, 3.63) is 0 Å². The zero-order valence-electron chi connectivity index (χ0n) is 10.0. The van der Waals surface area contributed by atoms with E-state index in [1.807, 2.05) is 6.92 Å². The summed E-state index contributed by atoms with van der Waals surface area (Å²) in [5, 5.41) is 0. The second kappa shape index (κ2) is 5.45. The van der Waals surface area contributed by atoms with Gasteiger partial charge in [-0.2, -0.15) is 0 Å². The Morgan fingerprint density at radius 1 is 1.40 bits per heavy atom. The standard InChI is InChI=1S/C8H21N3O3Si/c1-6-13-15(5,12-4)14-8(2,3)11-7(9)10/h6H2,1-5H3,(H4,9,10,11). The predicted molar refractivity (Wildman–Crippen MR) is 61.2 cm³/mol. The summed E-state index contributed by atoms with van der Waals surface area (Å²) in [6.45, 7) is 7.68. The molecule has 0 aliphatic rings. The minimum atomic E-state index is -2.64. The van der Waals surface area contributed by atoms with Crippen molar-refractivity contribution in [1.29, 1.82) is 0 Å². The Hall–Kier alpha value is -0.633. The number of rotatable bonds is 6. The van der Waals surface area contributed by atoms with Gasteiger partial charge in [-0.15, -0.1) is 0 Å². The van der Waals surface area contributed by atoms with Crippen LogP contribution < -0.4 is 11.5 Å². The molecule has 1 unspecified atom stereocenters. The van der Waals surface area contributed by atoms with E-state index in [4.69, 9.17) is 24.7 Å². The molecule has 90 valence electrons. The lowest BCUT2D eigenvalue weighted by Gasteiger charge is -2.31. The first kappa shape index (κ1) is 14.4. The van der Waals surface area contributed by atoms with Gasteiger partial charge in [0.2, 0.25) is 0 Å². The van der Waals surface area contributed by atoms with Gasteiger partial charge in [0.25, 0.3) is 0 Å². The molecule has 0 fully saturated rings. The van der Waals surface area contributed by atoms with Gasteiger partial charge in [-0.25, -0.2) is 4.99 Å². The average Bonchev–Trinajstić information content (AvgIpc) is 2.00. The summed E-state index contributed by atoms with van der Waals surface area (Å²) < 4.78 is 16.4. The van der Waals surface area contributed by atoms with Crippen LogP contribution in [0.2, 0.25) is 6.55 Å². The van der Waals surface area contributed by atoms with Crippen molar-refractivity contribution in [1.82, 2.24) is 0 Å². The van der Waals surface area contributed by atoms with E-state index in [-0.39, 0.29) is 5.96 Å². The van der Waals surface area contributed by atoms with E-state index in [9.17, 15) is 0 Å². The lowest BCUT2D eigenvalue weighted by Crippen LogP contribution is -2.48. The smallest absolute Gasteiger partial charge is 0.377 e. The van der Waals surface area contributed by atoms with Crippen LogP contribution in [0.1, 0.15) is 20.8 Å². The highest BCUT2D eigenvalue weighted by Crippen LogP contribution is 2.20. The van der Waals surface area contributed by atoms with E-state index in [2.05, 4.69) is 4.99 Å². The second-order valence-electron chi connectivity index (χ2n) is 3.58. The van der Waals surface area contributed by atoms with Crippen LogP contribution in [0.4, 0.5) is 0 Å². The number of aliphatic imine (C=N–C) groups is 1. The Morgan fingerprint density at radius 3 is 2.27 bits per heavy atom. The van der Waals surface area contributed by atoms with Crippen molar-refractivity contribution < 1.29 is 13.3 Å². The molecule has 0 amide bonds. The van der Waals surface area contributed by atoms with Gasteiger partial charge in [0.15, 0.2) is 11.7 Å². The topological polar surface area (TPSA) is 92.1 Å². The quantitative estimate of drug-likeness (QED) is 0.391. The largest absolute Gasteiger partial charge is 0.499 e. The van der Waals surface area contributed by atoms with E-state index in [0.29, 0.717) is 6.61 Å². The molecule has 0 saturated heterocycles. The van der Waals surface area contributed by atoms with Gasteiger partial charge in [-0.05, 0) is 20.8 Å². The van der Waals surface area contributed by atoms with Gasteiger partial charge < -0.3 is 24.7 Å². The van der Waals surface area contributed by atoms with Crippen LogP contribution in [-0.4, -0.2) is 34.2 Å². The molecule has 6 nitrogen and oxygen atoms in total. The first-order chi connectivity index (χ1) is 6.74. The van der Waals surface area contributed by atoms with Crippen LogP contribution in [-0.2, 0) is 13.3 Å². The van der Waals surface area contributed by atoms with Crippen LogP contribution in [0.3, 0.4) is 0 Å². The van der Waals surface area contributed by atoms with Crippen LogP contribution in [0.5, 0.6) is 0 Å². The SMILES string of the molecule is CCO[Si](C)(OC)OC(C)(C)N=C(N)N. The maximum atomic E-state index is 5.67. The molecular weight excluding hydrogens is 214 g/mol. The number of hydrogen-bond donors (Lipinski definition) is 2. The maximum absolute atomic E-state index is 5.67. The Balaban J connectivity index is 4.59. The van der Waals surface area contributed by atoms with Gasteiger partial charge in [0.05, 0.1) is 0 Å². The normalized spacial score (nSPS) is 15.8. The van der Waals surface area contributed by atoms with Crippen LogP contribution in [0.25, 0.3) is 0 Å². The molecular formula is C8H21N3O3Si. The number of nitrogens with two attached hydrogens (primary N) is 2. The van der Waals surface area contributed by atoms with Gasteiger partial charge >= 0.3 is 8.80 Å². The number of hydrogen-bond acceptors (Lipinski definition) is 4. The van der Waals surface area contributed by atoms with Crippen molar-refractivity contribution in [3.8, 4) is 0 Å². The molecule has 0 aromatic rings. The van der Waals surface area contributed by atoms with E-state index < -0.39 is 14.5 Å². The molecule has 15 heavy (non-hydrogen) atoms. The minimum absolute atomic E-state index is 0.0241. The molecule has 0 spiro atoms. The van der Waals surface area contributed by atoms with Crippen molar-refractivity contribution in [2.75, 3.05) is 13.7 Å². The maximum Gasteiger partial charge on any atom is 0.499 e. The molecule has 4 N–H and O–H groups in total. The second-order valence-corrected chi connectivity index (χ2v) is 6.21. The Kier molecular flexibility index (Phi) is 5.22. The molecule has 0 heterocycles. The third-order valence-corrected chi connectivity index (χ3v) is 4.04. The van der Waals surface area contributed by atoms with Crippen molar-refractivity contribution in [3.63, 3.8) is 0 Å². The zero-order chi connectivity index (χ0) is 12.1. The van der Waals surface area contributed by atoms with Crippen molar-refractivity contribution >= 4 is 14.8 Å². The van der Waals surface area contributed by atoms with E-state index in [0.717, 1.165) is 0 Å². The molecule has 0 rings (SSSR count). The molecule has 0 aliphatic carbocycles. The highest BCUT2D eigenvalue weighted by atomic mass is 28.4. The first-order valence-corrected chi connectivity index (χ1v) is 6.97. The van der Waals surface area contributed by atoms with Crippen LogP contribution >= 0.6 is 0 Å². The Morgan fingerprint density at radius 2 is 1.93 bits per heavy atom. The molecule has 7 heteroatoms. The highest BCUT2D eigenvalue weighted by molar-refractivity contribution is 6.59. The van der Waals surface area contributed by atoms with Crippen molar-refractivity contribution in [2.45, 2.75) is 33.0 Å². The van der Waals surface area contributed by atoms with Gasteiger partial charge in [-0.1, -0.05) is 0 Å². The summed E-state index contributed by atoms with van der Waals surface area (Å²) in [4.78, 5) is 3.95. The lowest BCUT2D eigenvalue weighted by molar-refractivity contribution is 0.00744. The number of nitrogens with zero attached hydrogens (tertiary/aromatic N) is 1. The Bertz CT molecular complexity index is 231. The summed E-state index contributed by atoms with van der Waals surface area (Å²) in [6, 6.07) is 0. The zero-order valence-corrected chi connectivity index (χ0v) is 11.0. The minimum Gasteiger partial charge on any atom is -0.377 e. The summed E-state index contributed by atoms with van der Waals surface area (Å²) in [7, 11) is -1.09. The molecule has 0 aliphatic heterocycles. The van der Waals surface area contributed by atoms with Crippen LogP contribution in [0.15, 0.2) is 4.99 Å². The summed E-state index contributed by atoms with van der Waals surface area (Å²) in [6.07, 6.45) is 0. The first-order valence-electron chi connectivity index (χ1n) is 4.75. The van der Waals surface area contributed by atoms with Gasteiger partial charge in [-0.3, -0.25) is 0 Å². The monoisotopic (exact) mass is 235 g/mol. The average molecular weight is 235 g/mol. The Labute approximate surface area is 92.0 Å². The molecule has 0 aromatic heterocycles. The highest BCUT2D eigenvalue weighted by Gasteiger charge is 2.39. The lowest BCUT2D eigenvalue weighted by atomic mass is 10.3.